The van der Waals surface area contributed by atoms with Crippen LogP contribution in [-0.2, 0) is 32.7 Å². The third kappa shape index (κ3) is 19.2. The van der Waals surface area contributed by atoms with Crippen molar-refractivity contribution in [3.63, 3.8) is 0 Å². The van der Waals surface area contributed by atoms with Gasteiger partial charge in [0.05, 0.1) is 36.2 Å². The van der Waals surface area contributed by atoms with Crippen molar-refractivity contribution in [1.29, 1.82) is 0 Å². The number of nitrogens with zero attached hydrogens (tertiary/aromatic N) is 2. The Morgan fingerprint density at radius 1 is 0.924 bits per heavy atom. The van der Waals surface area contributed by atoms with E-state index in [0.29, 0.717) is 58.0 Å². The molecule has 2 aromatic rings. The maximum atomic E-state index is 12.7. The molecule has 6 N–H and O–H groups in total. The number of aryl methyl sites for hydroxylation is 1. The van der Waals surface area contributed by atoms with Gasteiger partial charge in [0.15, 0.2) is 5.43 Å². The molecule has 3 aliphatic heterocycles. The monoisotopic (exact) mass is 1140 g/mol. The minimum absolute atomic E-state index is 0.0320. The highest BCUT2D eigenvalue weighted by molar-refractivity contribution is 7.81. The number of aromatic nitrogens is 2. The standard InChI is InChI=1S/C36H38N2O8S.C17H29N2O8P.2C2H6/c39-23-10-9-11-26-29(19-23)46-30-20-24(40)14-16-27(30)34(26)25-15-13-22(18-28(25)36(44)45)37-32(41)12-7-5-3-1-2-4-6-8-17-38-33(42)21-31(47)35(38)43;1-5-6-17(3,4)10-26-28(23,24)25-9-13-12(20)7-14(27-13)19-8-11(2)15(21)18-16(19)22;2*1-2/h9-11,13-16,18-20,23,31,39,47H,1-8,12,17,21H2,(H,37,41)(H,44,45);8,12-14,20H,5-7,9-10H2,1-4H3,(H,23,24)(H,18,21,22);2*1-2H3/t;12-,13?,14?;;/m.1../s1. The Kier molecular flexibility index (Phi) is 26.0. The first-order valence-electron chi connectivity index (χ1n) is 27.2. The molecule has 7 rings (SSSR count). The Morgan fingerprint density at radius 2 is 1.58 bits per heavy atom. The number of carboxylic acid groups (broad SMARTS) is 1. The number of H-pyrrole nitrogens is 1. The first kappa shape index (κ1) is 65.7. The Morgan fingerprint density at radius 3 is 2.23 bits per heavy atom. The predicted octanol–water partition coefficient (Wildman–Crippen LogP) is 7.61. The van der Waals surface area contributed by atoms with Crippen LogP contribution in [0.4, 0.5) is 5.69 Å². The van der Waals surface area contributed by atoms with Crippen molar-refractivity contribution < 1.29 is 62.2 Å². The minimum atomic E-state index is -4.31. The van der Waals surface area contributed by atoms with Crippen LogP contribution in [0.5, 0.6) is 0 Å². The number of amides is 3. The molecule has 1 aromatic carbocycles. The topological polar surface area (TPSA) is 294 Å². The molecule has 0 bridgehead atoms. The molecule has 434 valence electrons. The number of phosphoric acid groups is 1. The number of carboxylic acids is 1. The Hall–Kier alpha value is -5.77. The molecule has 1 aromatic heterocycles. The molecule has 0 saturated carbocycles. The van der Waals surface area contributed by atoms with Gasteiger partial charge in [0, 0.05) is 65.7 Å². The summed E-state index contributed by atoms with van der Waals surface area (Å²) in [5.41, 5.74) is 0.720. The summed E-state index contributed by atoms with van der Waals surface area (Å²) in [4.78, 5) is 97.8. The van der Waals surface area contributed by atoms with Crippen LogP contribution < -0.4 is 32.6 Å². The number of carbonyl (C=O) groups excluding carboxylic acids is 3. The second-order valence-corrected chi connectivity index (χ2v) is 21.9. The van der Waals surface area contributed by atoms with E-state index in [1.807, 2.05) is 48.5 Å². The summed E-state index contributed by atoms with van der Waals surface area (Å²) in [6.07, 6.45) is 13.9. The fraction of sp³-hybridized carbons (Fsp3) is 0.526. The normalized spacial score (nSPS) is 19.3. The van der Waals surface area contributed by atoms with Crippen molar-refractivity contribution >= 4 is 62.0 Å². The fourth-order valence-electron chi connectivity index (χ4n) is 9.09. The number of hydrogen-bond donors (Lipinski definition) is 7. The average Bonchev–Trinajstić information content (AvgIpc) is 3.91. The minimum Gasteiger partial charge on any atom is -0.478 e. The number of thiol groups is 1. The van der Waals surface area contributed by atoms with Crippen molar-refractivity contribution in [1.82, 2.24) is 14.5 Å². The lowest BCUT2D eigenvalue weighted by Crippen LogP contribution is -2.33. The number of aliphatic hydroxyl groups is 2. The zero-order chi connectivity index (χ0) is 58.6. The zero-order valence-electron chi connectivity index (χ0n) is 46.5. The van der Waals surface area contributed by atoms with Crippen LogP contribution in [0.1, 0.15) is 154 Å². The SMILES string of the molecule is CC.CC.CCCC(C)(C)COP(=O)(O)OCC1OC(n2cc(C)c(=O)[nH]c2=O)C[C@H]1O.O=C(CCCCCCCCCCN1C(=O)CC(S)C1=O)Nc1ccc(-c2c3ccc(=O)cc-3oc3c2=CC=CC(O)C=3)c(C(=O)O)c1. The summed E-state index contributed by atoms with van der Waals surface area (Å²) in [5.74, 6) is -1.45. The molecule has 3 amide bonds. The molecule has 0 radical (unpaired) electrons. The lowest BCUT2D eigenvalue weighted by Gasteiger charge is -2.25. The van der Waals surface area contributed by atoms with Gasteiger partial charge in [-0.3, -0.25) is 47.5 Å². The molecule has 0 spiro atoms. The number of likely N-dealkylation sites (tertiary alicyclic amines) is 1. The number of anilines is 1. The number of hydrogen-bond acceptors (Lipinski definition) is 15. The molecule has 5 aliphatic rings. The van der Waals surface area contributed by atoms with Crippen LogP contribution in [0.25, 0.3) is 34.6 Å². The molecule has 4 heterocycles. The number of aliphatic hydroxyl groups excluding tert-OH is 2. The van der Waals surface area contributed by atoms with Gasteiger partial charge >= 0.3 is 19.5 Å². The molecular weight excluding hydrogens is 1060 g/mol. The first-order chi connectivity index (χ1) is 37.6. The number of rotatable bonds is 23. The van der Waals surface area contributed by atoms with Crippen molar-refractivity contribution in [2.45, 2.75) is 169 Å². The third-order valence-electron chi connectivity index (χ3n) is 13.0. The molecular formula is C57H79N4O16PS. The van der Waals surface area contributed by atoms with E-state index in [2.05, 4.69) is 22.9 Å². The van der Waals surface area contributed by atoms with E-state index >= 15 is 0 Å². The van der Waals surface area contributed by atoms with Gasteiger partial charge in [0.2, 0.25) is 17.7 Å². The van der Waals surface area contributed by atoms with Crippen LogP contribution >= 0.6 is 20.5 Å². The van der Waals surface area contributed by atoms with E-state index in [4.69, 9.17) is 18.2 Å². The number of nitrogens with one attached hydrogen (secondary N) is 2. The number of ether oxygens (including phenoxy) is 1. The van der Waals surface area contributed by atoms with Crippen molar-refractivity contribution in [2.75, 3.05) is 25.1 Å². The third-order valence-corrected chi connectivity index (χ3v) is 14.4. The largest absolute Gasteiger partial charge is 0.478 e. The summed E-state index contributed by atoms with van der Waals surface area (Å²) in [7, 11) is -4.31. The van der Waals surface area contributed by atoms with E-state index in [9.17, 15) is 58.3 Å². The van der Waals surface area contributed by atoms with Crippen LogP contribution in [-0.4, -0.2) is 102 Å². The van der Waals surface area contributed by atoms with Gasteiger partial charge in [-0.1, -0.05) is 118 Å². The number of unbranched alkanes of at least 4 members (excludes halogenated alkanes) is 7. The summed E-state index contributed by atoms with van der Waals surface area (Å²) in [5, 5.41) is 33.5. The molecule has 20 nitrogen and oxygen atoms in total. The van der Waals surface area contributed by atoms with Crippen LogP contribution in [0.3, 0.4) is 0 Å². The lowest BCUT2D eigenvalue weighted by atomic mass is 9.89. The number of phosphoric ester groups is 1. The quantitative estimate of drug-likeness (QED) is 0.0163. The van der Waals surface area contributed by atoms with Gasteiger partial charge < -0.3 is 34.7 Å². The van der Waals surface area contributed by atoms with Gasteiger partial charge in [-0.2, -0.15) is 12.6 Å². The number of benzene rings is 2. The van der Waals surface area contributed by atoms with Gasteiger partial charge in [0.25, 0.3) is 5.56 Å². The van der Waals surface area contributed by atoms with E-state index in [0.717, 1.165) is 57.8 Å². The van der Waals surface area contributed by atoms with Gasteiger partial charge in [-0.05, 0) is 67.5 Å². The molecule has 2 saturated heterocycles. The van der Waals surface area contributed by atoms with E-state index in [1.165, 1.54) is 39.9 Å². The smallest absolute Gasteiger partial charge is 0.472 e. The highest BCUT2D eigenvalue weighted by Crippen LogP contribution is 2.46. The molecule has 79 heavy (non-hydrogen) atoms. The van der Waals surface area contributed by atoms with Gasteiger partial charge in [-0.25, -0.2) is 14.2 Å². The number of allylic oxidation sites excluding steroid dienone is 1. The number of fused-ring (bicyclic) bond motifs is 2. The molecule has 5 unspecified atom stereocenters. The van der Waals surface area contributed by atoms with E-state index in [-0.39, 0.29) is 65.9 Å². The fourth-order valence-corrected chi connectivity index (χ4v) is 10.3. The van der Waals surface area contributed by atoms with Crippen molar-refractivity contribution in [2.24, 2.45) is 5.41 Å². The lowest BCUT2D eigenvalue weighted by molar-refractivity contribution is -0.138. The number of carbonyl (C=O) groups is 4. The zero-order valence-corrected chi connectivity index (χ0v) is 48.3. The van der Waals surface area contributed by atoms with Crippen LogP contribution in [0.2, 0.25) is 0 Å². The highest BCUT2D eigenvalue weighted by Gasteiger charge is 2.39. The molecule has 6 atom stereocenters. The summed E-state index contributed by atoms with van der Waals surface area (Å²) >= 11 is 4.14. The van der Waals surface area contributed by atoms with Crippen LogP contribution in [0, 0.1) is 12.3 Å². The first-order valence-corrected chi connectivity index (χ1v) is 29.2. The molecule has 22 heteroatoms. The maximum absolute atomic E-state index is 12.7. The second kappa shape index (κ2) is 31.3. The Balaban J connectivity index is 0.000000359. The van der Waals surface area contributed by atoms with Crippen molar-refractivity contribution in [3.05, 3.63) is 108 Å². The summed E-state index contributed by atoms with van der Waals surface area (Å²) in [6.45, 7) is 15.5. The number of aromatic amines is 1. The van der Waals surface area contributed by atoms with Gasteiger partial charge in [0.1, 0.15) is 23.5 Å². The predicted molar refractivity (Wildman–Crippen MR) is 305 cm³/mol. The highest BCUT2D eigenvalue weighted by atomic mass is 32.1. The molecule has 2 fully saturated rings. The number of imide groups is 1. The average molecular weight is 1140 g/mol. The second-order valence-electron chi connectivity index (χ2n) is 19.8. The Bertz CT molecular complexity index is 3080. The summed E-state index contributed by atoms with van der Waals surface area (Å²) < 4.78 is 34.8. The van der Waals surface area contributed by atoms with Crippen LogP contribution in [0.15, 0.2) is 73.5 Å². The van der Waals surface area contributed by atoms with Crippen molar-refractivity contribution in [3.8, 4) is 22.5 Å². The number of aromatic carboxylic acids is 1. The van der Waals surface area contributed by atoms with E-state index < -0.39 is 54.8 Å². The maximum Gasteiger partial charge on any atom is 0.472 e. The summed E-state index contributed by atoms with van der Waals surface area (Å²) in [6, 6.07) is 9.03. The van der Waals surface area contributed by atoms with E-state index in [1.54, 1.807) is 43.4 Å². The molecule has 2 aliphatic carbocycles. The van der Waals surface area contributed by atoms with Gasteiger partial charge in [-0.15, -0.1) is 0 Å². The Labute approximate surface area is 465 Å².